The van der Waals surface area contributed by atoms with Crippen LogP contribution in [0.3, 0.4) is 0 Å². The number of rotatable bonds is 7. The van der Waals surface area contributed by atoms with Gasteiger partial charge < -0.3 is 0 Å². The van der Waals surface area contributed by atoms with E-state index in [2.05, 4.69) is 41.5 Å². The molecule has 0 heterocycles. The van der Waals surface area contributed by atoms with Gasteiger partial charge >= 0.3 is 0 Å². The minimum absolute atomic E-state index is 0.629. The first-order valence-electron chi connectivity index (χ1n) is 7.48. The Hall–Kier alpha value is 0. The van der Waals surface area contributed by atoms with Crippen molar-refractivity contribution in [1.29, 1.82) is 0 Å². The molecule has 4 atom stereocenters. The minimum Gasteiger partial charge on any atom is -0.0654 e. The first-order valence-corrected chi connectivity index (χ1v) is 7.48. The second-order valence-corrected chi connectivity index (χ2v) is 6.41. The van der Waals surface area contributed by atoms with Crippen molar-refractivity contribution < 1.29 is 0 Å². The molecule has 0 heteroatoms. The lowest BCUT2D eigenvalue weighted by Gasteiger charge is -2.25. The molecule has 0 N–H and O–H groups in total. The SMILES string of the molecule is CCCCCC(C)C1(C)C(CC)C1(C)CC. The number of hydrogen-bond acceptors (Lipinski definition) is 0. The van der Waals surface area contributed by atoms with Crippen LogP contribution in [0.1, 0.15) is 80.1 Å². The molecule has 0 radical (unpaired) electrons. The van der Waals surface area contributed by atoms with Crippen LogP contribution in [0.15, 0.2) is 0 Å². The van der Waals surface area contributed by atoms with Crippen molar-refractivity contribution in [2.75, 3.05) is 0 Å². The molecular weight excluding hydrogens is 192 g/mol. The Morgan fingerprint density at radius 3 is 2.06 bits per heavy atom. The van der Waals surface area contributed by atoms with Gasteiger partial charge in [-0.25, -0.2) is 0 Å². The zero-order valence-electron chi connectivity index (χ0n) is 12.4. The summed E-state index contributed by atoms with van der Waals surface area (Å²) >= 11 is 0. The van der Waals surface area contributed by atoms with E-state index in [-0.39, 0.29) is 0 Å². The van der Waals surface area contributed by atoms with Crippen LogP contribution in [-0.4, -0.2) is 0 Å². The topological polar surface area (TPSA) is 0 Å². The van der Waals surface area contributed by atoms with E-state index in [0.29, 0.717) is 10.8 Å². The molecule has 0 aromatic heterocycles. The maximum absolute atomic E-state index is 2.56. The number of unbranched alkanes of at least 4 members (excludes halogenated alkanes) is 2. The first kappa shape index (κ1) is 14.1. The van der Waals surface area contributed by atoms with E-state index in [1.54, 1.807) is 0 Å². The average Bonchev–Trinajstić information content (AvgIpc) is 2.78. The molecule has 0 amide bonds. The number of hydrogen-bond donors (Lipinski definition) is 0. The molecule has 0 bridgehead atoms. The summed E-state index contributed by atoms with van der Waals surface area (Å²) in [6.07, 6.45) is 8.38. The van der Waals surface area contributed by atoms with Crippen molar-refractivity contribution in [3.8, 4) is 0 Å². The van der Waals surface area contributed by atoms with Gasteiger partial charge in [-0.1, -0.05) is 73.6 Å². The highest BCUT2D eigenvalue weighted by Crippen LogP contribution is 2.75. The van der Waals surface area contributed by atoms with Gasteiger partial charge in [0.15, 0.2) is 0 Å². The van der Waals surface area contributed by atoms with Crippen molar-refractivity contribution in [2.24, 2.45) is 22.7 Å². The van der Waals surface area contributed by atoms with E-state index in [1.165, 1.54) is 38.5 Å². The summed E-state index contributed by atoms with van der Waals surface area (Å²) in [4.78, 5) is 0. The Balaban J connectivity index is 2.57. The third kappa shape index (κ3) is 1.93. The summed E-state index contributed by atoms with van der Waals surface area (Å²) in [6.45, 7) is 14.6. The van der Waals surface area contributed by atoms with E-state index in [0.717, 1.165) is 11.8 Å². The fourth-order valence-electron chi connectivity index (χ4n) is 4.43. The Morgan fingerprint density at radius 2 is 1.69 bits per heavy atom. The van der Waals surface area contributed by atoms with E-state index >= 15 is 0 Å². The largest absolute Gasteiger partial charge is 0.0654 e. The lowest BCUT2D eigenvalue weighted by Crippen LogP contribution is -2.16. The molecule has 1 aliphatic carbocycles. The van der Waals surface area contributed by atoms with Gasteiger partial charge in [-0.2, -0.15) is 0 Å². The van der Waals surface area contributed by atoms with Crippen molar-refractivity contribution in [1.82, 2.24) is 0 Å². The molecule has 0 aromatic carbocycles. The average molecular weight is 224 g/mol. The molecule has 1 rings (SSSR count). The van der Waals surface area contributed by atoms with Crippen molar-refractivity contribution in [3.05, 3.63) is 0 Å². The summed E-state index contributed by atoms with van der Waals surface area (Å²) in [7, 11) is 0. The zero-order valence-corrected chi connectivity index (χ0v) is 12.4. The summed E-state index contributed by atoms with van der Waals surface area (Å²) in [6, 6.07) is 0. The van der Waals surface area contributed by atoms with Crippen LogP contribution in [0.25, 0.3) is 0 Å². The summed E-state index contributed by atoms with van der Waals surface area (Å²) < 4.78 is 0. The van der Waals surface area contributed by atoms with Gasteiger partial charge in [0.05, 0.1) is 0 Å². The molecule has 0 aliphatic heterocycles. The first-order chi connectivity index (χ1) is 7.48. The molecule has 4 unspecified atom stereocenters. The van der Waals surface area contributed by atoms with Gasteiger partial charge in [0.1, 0.15) is 0 Å². The molecular formula is C16H32. The quantitative estimate of drug-likeness (QED) is 0.489. The molecule has 1 aliphatic rings. The van der Waals surface area contributed by atoms with Crippen LogP contribution < -0.4 is 0 Å². The Bertz CT molecular complexity index is 220. The third-order valence-electron chi connectivity index (χ3n) is 6.05. The maximum atomic E-state index is 2.56. The summed E-state index contributed by atoms with van der Waals surface area (Å²) in [5.41, 5.74) is 1.26. The van der Waals surface area contributed by atoms with Gasteiger partial charge in [0.2, 0.25) is 0 Å². The fraction of sp³-hybridized carbons (Fsp3) is 1.00. The Morgan fingerprint density at radius 1 is 1.06 bits per heavy atom. The fourth-order valence-corrected chi connectivity index (χ4v) is 4.43. The highest BCUT2D eigenvalue weighted by atomic mass is 14.7. The second-order valence-electron chi connectivity index (χ2n) is 6.41. The maximum Gasteiger partial charge on any atom is -0.0210 e. The van der Waals surface area contributed by atoms with Gasteiger partial charge in [-0.05, 0) is 29.1 Å². The van der Waals surface area contributed by atoms with Crippen LogP contribution in [0, 0.1) is 22.7 Å². The molecule has 1 saturated carbocycles. The summed E-state index contributed by atoms with van der Waals surface area (Å²) in [5, 5.41) is 0. The van der Waals surface area contributed by atoms with Crippen molar-refractivity contribution in [3.63, 3.8) is 0 Å². The predicted molar refractivity (Wildman–Crippen MR) is 73.6 cm³/mol. The van der Waals surface area contributed by atoms with Crippen molar-refractivity contribution >= 4 is 0 Å². The molecule has 0 nitrogen and oxygen atoms in total. The zero-order chi connectivity index (χ0) is 12.4. The van der Waals surface area contributed by atoms with Gasteiger partial charge in [-0.3, -0.25) is 0 Å². The van der Waals surface area contributed by atoms with E-state index < -0.39 is 0 Å². The van der Waals surface area contributed by atoms with Crippen LogP contribution in [0.2, 0.25) is 0 Å². The Labute approximate surface area is 103 Å². The minimum atomic E-state index is 0.629. The third-order valence-corrected chi connectivity index (χ3v) is 6.05. The van der Waals surface area contributed by atoms with Gasteiger partial charge in [-0.15, -0.1) is 0 Å². The van der Waals surface area contributed by atoms with E-state index in [1.807, 2.05) is 0 Å². The van der Waals surface area contributed by atoms with E-state index in [9.17, 15) is 0 Å². The highest BCUT2D eigenvalue weighted by molar-refractivity contribution is 5.17. The van der Waals surface area contributed by atoms with E-state index in [4.69, 9.17) is 0 Å². The van der Waals surface area contributed by atoms with Crippen LogP contribution in [0.5, 0.6) is 0 Å². The standard InChI is InChI=1S/C16H32/c1-7-10-11-12-13(4)16(6)14(8-2)15(16,5)9-3/h13-14H,7-12H2,1-6H3. The smallest absolute Gasteiger partial charge is 0.0210 e. The second kappa shape index (κ2) is 5.10. The summed E-state index contributed by atoms with van der Waals surface area (Å²) in [5.74, 6) is 1.88. The molecule has 0 saturated heterocycles. The molecule has 96 valence electrons. The van der Waals surface area contributed by atoms with Crippen LogP contribution in [0.4, 0.5) is 0 Å². The molecule has 1 fully saturated rings. The highest BCUT2D eigenvalue weighted by Gasteiger charge is 2.69. The van der Waals surface area contributed by atoms with Gasteiger partial charge in [0.25, 0.3) is 0 Å². The predicted octanol–water partition coefficient (Wildman–Crippen LogP) is 5.67. The lowest BCUT2D eigenvalue weighted by molar-refractivity contribution is 0.246. The Kier molecular flexibility index (Phi) is 4.49. The van der Waals surface area contributed by atoms with Crippen LogP contribution >= 0.6 is 0 Å². The molecule has 0 aromatic rings. The molecule has 0 spiro atoms. The van der Waals surface area contributed by atoms with Gasteiger partial charge in [0, 0.05) is 0 Å². The molecule has 16 heavy (non-hydrogen) atoms. The van der Waals surface area contributed by atoms with Crippen LogP contribution in [-0.2, 0) is 0 Å². The van der Waals surface area contributed by atoms with Crippen molar-refractivity contribution in [2.45, 2.75) is 80.1 Å². The lowest BCUT2D eigenvalue weighted by atomic mass is 9.80. The monoisotopic (exact) mass is 224 g/mol. The normalized spacial score (nSPS) is 39.8.